The summed E-state index contributed by atoms with van der Waals surface area (Å²) >= 11 is 5.79. The number of hydrogen-bond donors (Lipinski definition) is 2. The van der Waals surface area contributed by atoms with Crippen molar-refractivity contribution in [3.8, 4) is 12.1 Å². The highest BCUT2D eigenvalue weighted by Gasteiger charge is 2.14. The second-order valence-electron chi connectivity index (χ2n) is 4.73. The number of benzene rings is 2. The van der Waals surface area contributed by atoms with Crippen molar-refractivity contribution in [1.29, 1.82) is 10.5 Å². The lowest BCUT2D eigenvalue weighted by atomic mass is 10.1. The van der Waals surface area contributed by atoms with E-state index in [1.54, 1.807) is 30.3 Å². The lowest BCUT2D eigenvalue weighted by Crippen LogP contribution is -2.29. The molecule has 0 saturated carbocycles. The SMILES string of the molecule is N#Cc1cccc(C#N)c1NCCNS(=O)(=O)c1cccc(Cl)c1. The van der Waals surface area contributed by atoms with Crippen LogP contribution in [0.25, 0.3) is 0 Å². The minimum atomic E-state index is -3.67. The quantitative estimate of drug-likeness (QED) is 0.770. The number of anilines is 1. The Morgan fingerprint density at radius 1 is 1.00 bits per heavy atom. The van der Waals surface area contributed by atoms with Gasteiger partial charge in [-0.05, 0) is 30.3 Å². The molecular formula is C16H13ClN4O2S. The smallest absolute Gasteiger partial charge is 0.240 e. The van der Waals surface area contributed by atoms with Gasteiger partial charge in [0.05, 0.1) is 21.7 Å². The summed E-state index contributed by atoms with van der Waals surface area (Å²) in [5.41, 5.74) is 1.04. The lowest BCUT2D eigenvalue weighted by molar-refractivity contribution is 0.583. The molecule has 2 aromatic rings. The summed E-state index contributed by atoms with van der Waals surface area (Å²) in [4.78, 5) is 0.0742. The van der Waals surface area contributed by atoms with Crippen LogP contribution in [0, 0.1) is 22.7 Å². The largest absolute Gasteiger partial charge is 0.382 e. The predicted octanol–water partition coefficient (Wildman–Crippen LogP) is 2.47. The number of rotatable bonds is 6. The summed E-state index contributed by atoms with van der Waals surface area (Å²) in [6, 6.07) is 14.7. The van der Waals surface area contributed by atoms with E-state index >= 15 is 0 Å². The standard InChI is InChI=1S/C16H13ClN4O2S/c17-14-5-2-6-15(9-14)24(22,23)21-8-7-20-16-12(10-18)3-1-4-13(16)11-19/h1-6,9,20-21H,7-8H2. The molecule has 2 aromatic carbocycles. The molecule has 0 amide bonds. The molecule has 24 heavy (non-hydrogen) atoms. The van der Waals surface area contributed by atoms with Gasteiger partial charge in [0.2, 0.25) is 10.0 Å². The molecule has 2 N–H and O–H groups in total. The number of nitriles is 2. The van der Waals surface area contributed by atoms with Crippen molar-refractivity contribution in [1.82, 2.24) is 4.72 Å². The fraction of sp³-hybridized carbons (Fsp3) is 0.125. The van der Waals surface area contributed by atoms with Gasteiger partial charge >= 0.3 is 0 Å². The molecule has 0 aliphatic heterocycles. The molecule has 0 fully saturated rings. The molecule has 0 radical (unpaired) electrons. The van der Waals surface area contributed by atoms with Gasteiger partial charge in [-0.25, -0.2) is 13.1 Å². The van der Waals surface area contributed by atoms with Crippen LogP contribution in [0.4, 0.5) is 5.69 Å². The summed E-state index contributed by atoms with van der Waals surface area (Å²) in [6.45, 7) is 0.298. The summed E-state index contributed by atoms with van der Waals surface area (Å²) < 4.78 is 26.7. The van der Waals surface area contributed by atoms with Gasteiger partial charge < -0.3 is 5.32 Å². The van der Waals surface area contributed by atoms with Crippen LogP contribution in [0.2, 0.25) is 5.02 Å². The van der Waals surface area contributed by atoms with Crippen molar-refractivity contribution >= 4 is 27.3 Å². The monoisotopic (exact) mass is 360 g/mol. The molecule has 0 heterocycles. The highest BCUT2D eigenvalue weighted by molar-refractivity contribution is 7.89. The average molecular weight is 361 g/mol. The van der Waals surface area contributed by atoms with Gasteiger partial charge in [-0.3, -0.25) is 0 Å². The minimum absolute atomic E-state index is 0.0742. The van der Waals surface area contributed by atoms with E-state index in [1.807, 2.05) is 12.1 Å². The summed E-state index contributed by atoms with van der Waals surface area (Å²) in [5.74, 6) is 0. The van der Waals surface area contributed by atoms with E-state index in [9.17, 15) is 8.42 Å². The molecule has 0 aromatic heterocycles. The van der Waals surface area contributed by atoms with Crippen molar-refractivity contribution in [2.75, 3.05) is 18.4 Å². The van der Waals surface area contributed by atoms with Gasteiger partial charge in [-0.1, -0.05) is 23.7 Å². The van der Waals surface area contributed by atoms with E-state index in [0.29, 0.717) is 21.8 Å². The van der Waals surface area contributed by atoms with Crippen LogP contribution in [-0.4, -0.2) is 21.5 Å². The first-order valence-corrected chi connectivity index (χ1v) is 8.76. The molecule has 0 unspecified atom stereocenters. The molecule has 2 rings (SSSR count). The van der Waals surface area contributed by atoms with Crippen molar-refractivity contribution in [3.63, 3.8) is 0 Å². The van der Waals surface area contributed by atoms with Crippen molar-refractivity contribution in [2.45, 2.75) is 4.90 Å². The van der Waals surface area contributed by atoms with Gasteiger partial charge in [0, 0.05) is 18.1 Å². The van der Waals surface area contributed by atoms with Crippen LogP contribution < -0.4 is 10.0 Å². The highest BCUT2D eigenvalue weighted by atomic mass is 35.5. The van der Waals surface area contributed by atoms with Gasteiger partial charge in [0.25, 0.3) is 0 Å². The Bertz CT molecular complexity index is 898. The Morgan fingerprint density at radius 3 is 2.21 bits per heavy atom. The molecule has 122 valence electrons. The maximum Gasteiger partial charge on any atom is 0.240 e. The first-order valence-electron chi connectivity index (χ1n) is 6.90. The molecule has 0 atom stereocenters. The lowest BCUT2D eigenvalue weighted by Gasteiger charge is -2.11. The molecule has 0 aliphatic rings. The van der Waals surface area contributed by atoms with E-state index in [4.69, 9.17) is 22.1 Å². The van der Waals surface area contributed by atoms with Crippen LogP contribution in [-0.2, 0) is 10.0 Å². The zero-order chi connectivity index (χ0) is 17.6. The van der Waals surface area contributed by atoms with E-state index in [1.165, 1.54) is 12.1 Å². The fourth-order valence-electron chi connectivity index (χ4n) is 2.02. The zero-order valence-electron chi connectivity index (χ0n) is 12.5. The van der Waals surface area contributed by atoms with Crippen molar-refractivity contribution in [2.24, 2.45) is 0 Å². The normalized spacial score (nSPS) is 10.6. The van der Waals surface area contributed by atoms with Crippen LogP contribution >= 0.6 is 11.6 Å². The summed E-state index contributed by atoms with van der Waals surface area (Å²) in [6.07, 6.45) is 0. The van der Waals surface area contributed by atoms with E-state index in [0.717, 1.165) is 0 Å². The van der Waals surface area contributed by atoms with Crippen molar-refractivity contribution in [3.05, 3.63) is 58.6 Å². The number of hydrogen-bond acceptors (Lipinski definition) is 5. The third kappa shape index (κ3) is 4.24. The maximum atomic E-state index is 12.1. The predicted molar refractivity (Wildman–Crippen MR) is 91.0 cm³/mol. The number of sulfonamides is 1. The van der Waals surface area contributed by atoms with Crippen LogP contribution in [0.15, 0.2) is 47.4 Å². The number of para-hydroxylation sites is 1. The molecular weight excluding hydrogens is 348 g/mol. The van der Waals surface area contributed by atoms with Gasteiger partial charge in [-0.15, -0.1) is 0 Å². The first-order chi connectivity index (χ1) is 11.5. The average Bonchev–Trinajstić information content (AvgIpc) is 2.58. The second kappa shape index (κ2) is 7.80. The van der Waals surface area contributed by atoms with Crippen molar-refractivity contribution < 1.29 is 8.42 Å². The Morgan fingerprint density at radius 2 is 1.62 bits per heavy atom. The van der Waals surface area contributed by atoms with Crippen LogP contribution in [0.5, 0.6) is 0 Å². The summed E-state index contributed by atoms with van der Waals surface area (Å²) in [7, 11) is -3.67. The second-order valence-corrected chi connectivity index (χ2v) is 6.94. The van der Waals surface area contributed by atoms with Gasteiger partial charge in [0.15, 0.2) is 0 Å². The molecule has 6 nitrogen and oxygen atoms in total. The first kappa shape index (κ1) is 17.8. The van der Waals surface area contributed by atoms with Gasteiger partial charge in [0.1, 0.15) is 12.1 Å². The third-order valence-corrected chi connectivity index (χ3v) is 4.82. The Hall–Kier alpha value is -2.58. The fourth-order valence-corrected chi connectivity index (χ4v) is 3.35. The van der Waals surface area contributed by atoms with Crippen LogP contribution in [0.3, 0.4) is 0 Å². The van der Waals surface area contributed by atoms with Crippen LogP contribution in [0.1, 0.15) is 11.1 Å². The van der Waals surface area contributed by atoms with E-state index in [-0.39, 0.29) is 18.0 Å². The van der Waals surface area contributed by atoms with Gasteiger partial charge in [-0.2, -0.15) is 10.5 Å². The Balaban J connectivity index is 2.02. The third-order valence-electron chi connectivity index (χ3n) is 3.13. The molecule has 0 spiro atoms. The summed E-state index contributed by atoms with van der Waals surface area (Å²) in [5, 5.41) is 21.4. The minimum Gasteiger partial charge on any atom is -0.382 e. The number of nitrogens with zero attached hydrogens (tertiary/aromatic N) is 2. The maximum absolute atomic E-state index is 12.1. The molecule has 0 aliphatic carbocycles. The topological polar surface area (TPSA) is 106 Å². The highest BCUT2D eigenvalue weighted by Crippen LogP contribution is 2.19. The molecule has 0 bridgehead atoms. The zero-order valence-corrected chi connectivity index (χ0v) is 14.0. The van der Waals surface area contributed by atoms with E-state index in [2.05, 4.69) is 10.0 Å². The Labute approximate surface area is 145 Å². The number of halogens is 1. The number of nitrogens with one attached hydrogen (secondary N) is 2. The Kier molecular flexibility index (Phi) is 5.78. The molecule has 8 heteroatoms. The molecule has 0 saturated heterocycles. The van der Waals surface area contributed by atoms with E-state index < -0.39 is 10.0 Å².